The van der Waals surface area contributed by atoms with Crippen LogP contribution in [0, 0.1) is 11.3 Å². The molecule has 9 heterocycles. The molecule has 9 aromatic carbocycles. The van der Waals surface area contributed by atoms with Gasteiger partial charge in [0.15, 0.2) is 0 Å². The number of hydrogen-bond donors (Lipinski definition) is 8. The van der Waals surface area contributed by atoms with Crippen molar-refractivity contribution in [2.45, 2.75) is 13.8 Å². The molecule has 0 aliphatic rings. The van der Waals surface area contributed by atoms with E-state index in [-0.39, 0.29) is 11.3 Å². The van der Waals surface area contributed by atoms with E-state index < -0.39 is 51.9 Å². The maximum Gasteiger partial charge on any atom is 0.0650 e. The van der Waals surface area contributed by atoms with Gasteiger partial charge in [-0.25, -0.2) is 0 Å². The molecule has 0 fully saturated rings. The predicted molar refractivity (Wildman–Crippen MR) is 423 cm³/mol. The Bertz CT molecular complexity index is 4210. The molecule has 0 radical (unpaired) electrons. The van der Waals surface area contributed by atoms with Crippen molar-refractivity contribution in [1.82, 2.24) is 91.4 Å². The summed E-state index contributed by atoms with van der Waals surface area (Å²) < 4.78 is 1.51. The second kappa shape index (κ2) is 53.1. The Morgan fingerprint density at radius 2 is 0.442 bits per heavy atom. The number of aromatic amines is 8. The summed E-state index contributed by atoms with van der Waals surface area (Å²) in [5.41, 5.74) is 9.69. The van der Waals surface area contributed by atoms with E-state index in [2.05, 4.69) is 86.7 Å². The van der Waals surface area contributed by atoms with Crippen LogP contribution in [0.25, 0.3) is 104 Å². The van der Waals surface area contributed by atoms with Crippen LogP contribution in [0.2, 0.25) is 0 Å². The first-order valence-corrected chi connectivity index (χ1v) is 55.7. The van der Waals surface area contributed by atoms with E-state index in [0.29, 0.717) is 0 Å². The molecule has 0 atom stereocenters. The summed E-state index contributed by atoms with van der Waals surface area (Å²) in [7, 11) is 59.4. The van der Waals surface area contributed by atoms with E-state index in [9.17, 15) is 5.41 Å². The summed E-state index contributed by atoms with van der Waals surface area (Å²) in [6, 6.07) is 73.6. The van der Waals surface area contributed by atoms with Gasteiger partial charge in [-0.15, -0.1) is 0 Å². The van der Waals surface area contributed by atoms with Crippen molar-refractivity contribution in [2.75, 3.05) is 0 Å². The topological polar surface area (TPSA) is 325 Å². The normalized spacial score (nSPS) is 10.1. The number of rotatable bonds is 0. The van der Waals surface area contributed by atoms with E-state index in [1.54, 1.807) is 19.2 Å². The van der Waals surface area contributed by atoms with Crippen molar-refractivity contribution in [3.05, 3.63) is 280 Å². The molecule has 0 aliphatic carbocycles. The van der Waals surface area contributed by atoms with Crippen LogP contribution < -0.4 is 0 Å². The number of halogens is 12. The minimum Gasteiger partial charge on any atom is -0.278 e. The molecule has 37 heteroatoms. The molecule has 10 N–H and O–H groups in total. The van der Waals surface area contributed by atoms with E-state index in [4.69, 9.17) is 122 Å². The van der Waals surface area contributed by atoms with Gasteiger partial charge in [-0.3, -0.25) is 45.9 Å². The minimum absolute atomic E-state index is 0. The van der Waals surface area contributed by atoms with Crippen LogP contribution in [0.4, 0.5) is 0 Å². The third-order valence-electron chi connectivity index (χ3n) is 12.6. The van der Waals surface area contributed by atoms with Crippen molar-refractivity contribution in [3.8, 4) is 6.07 Å². The molecule has 0 amide bonds. The molecule has 0 spiro atoms. The summed E-state index contributed by atoms with van der Waals surface area (Å²) in [6.45, 7) is 3.04. The first kappa shape index (κ1) is 89.7. The van der Waals surface area contributed by atoms with Gasteiger partial charge in [-0.05, 0) is 66.4 Å². The van der Waals surface area contributed by atoms with E-state index in [0.717, 1.165) is 98.1 Å². The molecule has 18 aromatic rings. The summed E-state index contributed by atoms with van der Waals surface area (Å²) in [5.74, 6) is 0.191. The maximum atomic E-state index is 9.23. The van der Waals surface area contributed by atoms with Crippen molar-refractivity contribution >= 4 is 220 Å². The molecule has 104 heavy (non-hydrogen) atoms. The number of nitrogens with one attached hydrogen (secondary N) is 8. The predicted octanol–water partition coefficient (Wildman–Crippen LogP) is 22.3. The van der Waals surface area contributed by atoms with Crippen LogP contribution in [0.5, 0.6) is 0 Å². The molecular weight excluding hydrogens is 1930 g/mol. The van der Waals surface area contributed by atoms with Gasteiger partial charge in [-0.1, -0.05) is 176 Å². The van der Waals surface area contributed by atoms with Gasteiger partial charge in [0.2, 0.25) is 0 Å². The van der Waals surface area contributed by atoms with Crippen LogP contribution >= 0.6 is 116 Å². The summed E-state index contributed by atoms with van der Waals surface area (Å²) in [4.78, 5) is 0. The second-order valence-electron chi connectivity index (χ2n) is 19.2. The largest absolute Gasteiger partial charge is 0.278 e. The Hall–Kier alpha value is -6.70. The first-order chi connectivity index (χ1) is 49.9. The van der Waals surface area contributed by atoms with Crippen molar-refractivity contribution in [3.63, 3.8) is 0 Å². The number of fused-ring (bicyclic) bond motifs is 9. The fourth-order valence-corrected chi connectivity index (χ4v) is 8.29. The first-order valence-electron chi connectivity index (χ1n) is 28.9. The molecule has 0 saturated heterocycles. The van der Waals surface area contributed by atoms with E-state index >= 15 is 0 Å². The van der Waals surface area contributed by atoms with E-state index in [1.165, 1.54) is 11.6 Å². The van der Waals surface area contributed by atoms with Crippen LogP contribution in [0.15, 0.2) is 274 Å². The standard InChI is InChI=1S/C9H8N3.8C7H6N2.C2H3N.12ClH.H2O.4Ru/c1-7(10)12-9-5-3-2-4-8(9)6-11-12;8*1-2-4-7-6(3-1)5-8-9-7;1-2-3;;;;;;;;;;;;;;;;;/h2-6H,1H3;8*1-5H,(H,8,9);1H3;12*1H;1H2;;;;/q-1;;;;;;;;;;;;;;;;;;;;;;;4*+3/p-12. The Morgan fingerprint density at radius 3 is 0.596 bits per heavy atom. The third kappa shape index (κ3) is 36.1. The van der Waals surface area contributed by atoms with E-state index in [1.807, 2.05) is 268 Å². The summed E-state index contributed by atoms with van der Waals surface area (Å²) in [6.07, 6.45) is 16.2. The quantitative estimate of drug-likeness (QED) is 0.0403. The van der Waals surface area contributed by atoms with Gasteiger partial charge >= 0.3 is 168 Å². The zero-order chi connectivity index (χ0) is 74.4. The van der Waals surface area contributed by atoms with Gasteiger partial charge < -0.3 is 15.6 Å². The zero-order valence-electron chi connectivity index (χ0n) is 53.8. The third-order valence-corrected chi connectivity index (χ3v) is 12.6. The molecule has 0 unspecified atom stereocenters. The Morgan fingerprint density at radius 1 is 0.298 bits per heavy atom. The summed E-state index contributed by atoms with van der Waals surface area (Å²) >= 11 is -7.01. The van der Waals surface area contributed by atoms with Crippen LogP contribution in [-0.2, 0) is 51.9 Å². The molecule has 18 rings (SSSR count). The number of aromatic nitrogens is 18. The average molecular weight is 1990 g/mol. The Labute approximate surface area is 666 Å². The number of para-hydroxylation sites is 9. The Kier molecular flexibility index (Phi) is 45.8. The number of H-pyrrole nitrogens is 8. The van der Waals surface area contributed by atoms with Crippen molar-refractivity contribution in [1.29, 1.82) is 5.26 Å². The smallest absolute Gasteiger partial charge is 0.0650 e. The second-order valence-corrected chi connectivity index (χ2v) is 50.8. The van der Waals surface area contributed by atoms with Crippen molar-refractivity contribution < 1.29 is 57.4 Å². The van der Waals surface area contributed by atoms with Crippen molar-refractivity contribution in [2.24, 2.45) is 0 Å². The number of nitrogens with zero attached hydrogens (tertiary/aromatic N) is 12. The molecule has 21 nitrogen and oxygen atoms in total. The number of hydrogen-bond acceptors (Lipinski definition) is 10. The molecule has 9 aromatic heterocycles. The van der Waals surface area contributed by atoms with Crippen LogP contribution in [-0.4, -0.2) is 103 Å². The molecule has 0 bridgehead atoms. The molecular formula is C67H61Cl12N20ORu4-. The van der Waals surface area contributed by atoms with Gasteiger partial charge in [-0.2, -0.15) is 46.1 Å². The Balaban J connectivity index is 0.000000240. The van der Waals surface area contributed by atoms with Crippen LogP contribution in [0.1, 0.15) is 13.8 Å². The van der Waals surface area contributed by atoms with Gasteiger partial charge in [0.25, 0.3) is 0 Å². The van der Waals surface area contributed by atoms with Crippen LogP contribution in [0.3, 0.4) is 0 Å². The molecule has 0 aliphatic heterocycles. The van der Waals surface area contributed by atoms with Gasteiger partial charge in [0, 0.05) is 56.2 Å². The SMILES string of the molecule is CC#N.CC(=[N-])n1ncc2ccccc21.O.[Cl][Ru]([Cl])[Cl].[Cl][Ru]([Cl])[Cl].[Cl][Ru]([Cl])[Cl].[Cl][Ru]([Cl])[Cl].c1ccc2[nH]ncc2c1.c1ccc2[nH]ncc2c1.c1ccc2[nH]ncc2c1.c1ccc2[nH]ncc2c1.c1ccc2[nH]ncc2c1.c1ccc2[nH]ncc2c1.c1ccc2[nH]ncc2c1.c1ccc2[nH]ncc2c1. The van der Waals surface area contributed by atoms with Gasteiger partial charge in [0.05, 0.1) is 99.8 Å². The van der Waals surface area contributed by atoms with Gasteiger partial charge in [0.1, 0.15) is 0 Å². The fraction of sp³-hybridized carbons (Fsp3) is 0.0299. The maximum absolute atomic E-state index is 9.23. The molecule has 552 valence electrons. The molecule has 0 saturated carbocycles. The average Bonchev–Trinajstić information content (AvgIpc) is 1.68. The minimum atomic E-state index is -1.75. The zero-order valence-corrected chi connectivity index (χ0v) is 69.8. The summed E-state index contributed by atoms with van der Waals surface area (Å²) in [5, 5.41) is 84.9. The fourth-order valence-electron chi connectivity index (χ4n) is 8.29. The number of nitriles is 1. The number of benzene rings is 9. The monoisotopic (exact) mass is 1990 g/mol.